The fourth-order valence-electron chi connectivity index (χ4n) is 5.06. The van der Waals surface area contributed by atoms with Crippen LogP contribution in [0.3, 0.4) is 0 Å². The summed E-state index contributed by atoms with van der Waals surface area (Å²) >= 11 is 0. The molecule has 0 spiro atoms. The van der Waals surface area contributed by atoms with Gasteiger partial charge in [0, 0.05) is 12.3 Å². The Morgan fingerprint density at radius 3 is 2.14 bits per heavy atom. The zero-order valence-corrected chi connectivity index (χ0v) is 23.3. The van der Waals surface area contributed by atoms with E-state index in [9.17, 15) is 44.0 Å². The van der Waals surface area contributed by atoms with Crippen molar-refractivity contribution in [3.63, 3.8) is 0 Å². The van der Waals surface area contributed by atoms with Crippen LogP contribution in [0.4, 0.5) is 5.82 Å². The second-order valence-electron chi connectivity index (χ2n) is 9.75. The predicted molar refractivity (Wildman–Crippen MR) is 133 cm³/mol. The van der Waals surface area contributed by atoms with Gasteiger partial charge in [-0.15, -0.1) is 0 Å². The highest BCUT2D eigenvalue weighted by molar-refractivity contribution is 7.60. The number of H-pyrrole nitrogens is 1. The van der Waals surface area contributed by atoms with Crippen molar-refractivity contribution in [1.82, 2.24) is 29.1 Å². The third-order valence-corrected chi connectivity index (χ3v) is 9.18. The number of fused-ring (bicyclic) bond motifs is 1. The number of imidazole rings is 1. The first-order chi connectivity index (χ1) is 19.9. The SMILES string of the molecule is CC(OP(=O)([O-])OP(=O)(O)O)(C1O[C@@H](n2ccc(=O)[nH]c2=O)[C@H](O)[C@@H]1O)[C@@H]1O[C@@H](n2cnc3c(N)ncnc32)[C@H](O)[C@@H]1O. The van der Waals surface area contributed by atoms with Crippen molar-refractivity contribution in [3.05, 3.63) is 45.8 Å². The summed E-state index contributed by atoms with van der Waals surface area (Å²) in [5.74, 6) is -0.0524. The summed E-state index contributed by atoms with van der Waals surface area (Å²) in [5.41, 5.74) is 1.16. The summed E-state index contributed by atoms with van der Waals surface area (Å²) in [5, 5.41) is 43.7. The van der Waals surface area contributed by atoms with Crippen LogP contribution in [0.25, 0.3) is 11.2 Å². The minimum atomic E-state index is -6.10. The van der Waals surface area contributed by atoms with E-state index in [0.717, 1.165) is 36.4 Å². The van der Waals surface area contributed by atoms with Gasteiger partial charge in [-0.05, 0) is 6.92 Å². The number of nitrogens with two attached hydrogens (primary N) is 1. The highest BCUT2D eigenvalue weighted by Crippen LogP contribution is 2.59. The van der Waals surface area contributed by atoms with E-state index in [1.807, 2.05) is 4.98 Å². The van der Waals surface area contributed by atoms with Gasteiger partial charge in [0.2, 0.25) is 0 Å². The van der Waals surface area contributed by atoms with Crippen LogP contribution >= 0.6 is 15.6 Å². The Labute approximate surface area is 237 Å². The lowest BCUT2D eigenvalue weighted by molar-refractivity contribution is -0.258. The number of phosphoric acid groups is 2. The fourth-order valence-corrected chi connectivity index (χ4v) is 6.93. The molecule has 2 aliphatic heterocycles. The standard InChI is InChI=1S/C19H25N7O15P2/c1-19(40-43(36,37)41-42(33,34)35,12-8(28)10(30)16(38-12)25-3-2-6(27)24-18(25)32)13-9(29)11(31)17(39-13)26-5-23-7-14(20)21-4-22-15(7)26/h2-5,8-13,16-17,28-31H,1H3,(H,36,37)(H2,20,21,22)(H,24,27,32)(H2,33,34,35)/p-1/t8-,9-,10+,11+,12?,13+,16+,17+,19?/m0/s1. The molecule has 9 N–H and O–H groups in total. The summed E-state index contributed by atoms with van der Waals surface area (Å²) in [7, 11) is -11.9. The van der Waals surface area contributed by atoms with Gasteiger partial charge in [0.05, 0.1) is 6.33 Å². The van der Waals surface area contributed by atoms with Crippen molar-refractivity contribution >= 4 is 32.6 Å². The second-order valence-corrected chi connectivity index (χ2v) is 12.5. The molecule has 0 radical (unpaired) electrons. The van der Waals surface area contributed by atoms with Crippen molar-refractivity contribution in [1.29, 1.82) is 0 Å². The Kier molecular flexibility index (Phi) is 7.97. The predicted octanol–water partition coefficient (Wildman–Crippen LogP) is -4.45. The zero-order chi connectivity index (χ0) is 31.6. The van der Waals surface area contributed by atoms with Crippen molar-refractivity contribution in [3.8, 4) is 0 Å². The molecule has 0 saturated carbocycles. The number of nitrogen functional groups attached to an aromatic ring is 1. The van der Waals surface area contributed by atoms with Gasteiger partial charge in [-0.2, -0.15) is 0 Å². The van der Waals surface area contributed by atoms with Crippen LogP contribution in [0.2, 0.25) is 0 Å². The molecule has 43 heavy (non-hydrogen) atoms. The molecule has 10 atom stereocenters. The lowest BCUT2D eigenvalue weighted by Gasteiger charge is -2.44. The molecule has 5 rings (SSSR count). The second kappa shape index (κ2) is 10.9. The fraction of sp³-hybridized carbons (Fsp3) is 0.526. The van der Waals surface area contributed by atoms with E-state index in [1.165, 1.54) is 0 Å². The number of hydrogen-bond acceptors (Lipinski definition) is 17. The summed E-state index contributed by atoms with van der Waals surface area (Å²) in [6.07, 6.45) is -12.7. The Bertz CT molecular complexity index is 1740. The Morgan fingerprint density at radius 1 is 1.00 bits per heavy atom. The number of hydrogen-bond donors (Lipinski definition) is 8. The maximum absolute atomic E-state index is 12.7. The summed E-state index contributed by atoms with van der Waals surface area (Å²) in [6.45, 7) is 0.842. The maximum atomic E-state index is 12.7. The number of aromatic amines is 1. The van der Waals surface area contributed by atoms with E-state index in [4.69, 9.17) is 29.5 Å². The molecule has 0 bridgehead atoms. The molecule has 236 valence electrons. The summed E-state index contributed by atoms with van der Waals surface area (Å²) in [6, 6.07) is 0.878. The van der Waals surface area contributed by atoms with Gasteiger partial charge < -0.3 is 54.8 Å². The van der Waals surface area contributed by atoms with Crippen LogP contribution in [-0.2, 0) is 27.4 Å². The number of aromatic nitrogens is 6. The Morgan fingerprint density at radius 2 is 1.58 bits per heavy atom. The van der Waals surface area contributed by atoms with E-state index < -0.39 is 81.6 Å². The largest absolute Gasteiger partial charge is 0.756 e. The molecule has 3 aromatic heterocycles. The molecule has 2 saturated heterocycles. The van der Waals surface area contributed by atoms with E-state index in [-0.39, 0.29) is 17.0 Å². The van der Waals surface area contributed by atoms with Gasteiger partial charge in [0.25, 0.3) is 13.4 Å². The molecule has 0 aromatic carbocycles. The molecule has 3 aromatic rings. The third kappa shape index (κ3) is 5.69. The molecule has 24 heteroatoms. The van der Waals surface area contributed by atoms with Gasteiger partial charge in [0.15, 0.2) is 23.9 Å². The lowest BCUT2D eigenvalue weighted by Crippen LogP contribution is -2.59. The minimum absolute atomic E-state index is 0.0106. The van der Waals surface area contributed by atoms with Gasteiger partial charge in [-0.3, -0.25) is 23.5 Å². The van der Waals surface area contributed by atoms with Crippen molar-refractivity contribution < 1.29 is 62.5 Å². The van der Waals surface area contributed by atoms with Crippen molar-refractivity contribution in [2.45, 2.75) is 61.6 Å². The number of phosphoric ester groups is 1. The Balaban J connectivity index is 1.57. The molecule has 2 aliphatic rings. The number of anilines is 1. The molecule has 0 amide bonds. The zero-order valence-electron chi connectivity index (χ0n) is 21.5. The Hall–Kier alpha value is -2.95. The molecule has 2 fully saturated rings. The van der Waals surface area contributed by atoms with Crippen LogP contribution < -0.4 is 21.9 Å². The number of rotatable bonds is 8. The number of nitrogens with zero attached hydrogens (tertiary/aromatic N) is 5. The number of ether oxygens (including phenoxy) is 2. The van der Waals surface area contributed by atoms with Gasteiger partial charge in [0.1, 0.15) is 54.1 Å². The van der Waals surface area contributed by atoms with Crippen LogP contribution in [0, 0.1) is 0 Å². The number of nitrogens with one attached hydrogen (secondary N) is 1. The highest BCUT2D eigenvalue weighted by atomic mass is 31.3. The van der Waals surface area contributed by atoms with Gasteiger partial charge in [-0.25, -0.2) is 28.6 Å². The van der Waals surface area contributed by atoms with E-state index >= 15 is 0 Å². The molecule has 0 aliphatic carbocycles. The molecule has 3 unspecified atom stereocenters. The van der Waals surface area contributed by atoms with Crippen LogP contribution in [-0.4, -0.2) is 102 Å². The molecule has 22 nitrogen and oxygen atoms in total. The number of aliphatic hydroxyl groups is 4. The molecule has 5 heterocycles. The average Bonchev–Trinajstić information content (AvgIpc) is 3.53. The van der Waals surface area contributed by atoms with E-state index in [0.29, 0.717) is 4.57 Å². The van der Waals surface area contributed by atoms with Gasteiger partial charge in [-0.1, -0.05) is 0 Å². The first-order valence-corrected chi connectivity index (χ1v) is 15.0. The summed E-state index contributed by atoms with van der Waals surface area (Å²) < 4.78 is 46.0. The van der Waals surface area contributed by atoms with Crippen LogP contribution in [0.15, 0.2) is 34.5 Å². The average molecular weight is 652 g/mol. The normalized spacial score (nSPS) is 32.6. The monoisotopic (exact) mass is 652 g/mol. The smallest absolute Gasteiger partial charge is 0.476 e. The van der Waals surface area contributed by atoms with E-state index in [2.05, 4.69) is 19.3 Å². The van der Waals surface area contributed by atoms with E-state index in [1.54, 1.807) is 0 Å². The highest BCUT2D eigenvalue weighted by Gasteiger charge is 2.63. The van der Waals surface area contributed by atoms with Gasteiger partial charge >= 0.3 is 13.5 Å². The molecular formula is C19H24N7O15P2-. The first-order valence-electron chi connectivity index (χ1n) is 12.0. The minimum Gasteiger partial charge on any atom is -0.756 e. The van der Waals surface area contributed by atoms with Crippen LogP contribution in [0.1, 0.15) is 19.4 Å². The topological polar surface area (TPSA) is 340 Å². The lowest BCUT2D eigenvalue weighted by atomic mass is 9.85. The quantitative estimate of drug-likeness (QED) is 0.106. The number of aliphatic hydroxyl groups excluding tert-OH is 4. The first kappa shape index (κ1) is 31.5. The van der Waals surface area contributed by atoms with Crippen molar-refractivity contribution in [2.24, 2.45) is 0 Å². The maximum Gasteiger partial charge on any atom is 0.476 e. The van der Waals surface area contributed by atoms with Crippen molar-refractivity contribution in [2.75, 3.05) is 5.73 Å². The summed E-state index contributed by atoms with van der Waals surface area (Å²) in [4.78, 5) is 68.4. The third-order valence-electron chi connectivity index (χ3n) is 6.91. The van der Waals surface area contributed by atoms with Crippen LogP contribution in [0.5, 0.6) is 0 Å². The molecular weight excluding hydrogens is 628 g/mol.